The molecular weight excluding hydrogens is 198 g/mol. The maximum absolute atomic E-state index is 5.45. The smallest absolute Gasteiger partial charge is 0.123 e. The molecule has 16 heavy (non-hydrogen) atoms. The molecule has 1 saturated heterocycles. The zero-order valence-electron chi connectivity index (χ0n) is 10.4. The van der Waals surface area contributed by atoms with Crippen molar-refractivity contribution in [2.75, 3.05) is 13.7 Å². The summed E-state index contributed by atoms with van der Waals surface area (Å²) < 4.78 is 5.45. The Morgan fingerprint density at radius 3 is 2.88 bits per heavy atom. The van der Waals surface area contributed by atoms with Crippen LogP contribution in [0, 0.1) is 12.8 Å². The van der Waals surface area contributed by atoms with Gasteiger partial charge in [-0.15, -0.1) is 0 Å². The highest BCUT2D eigenvalue weighted by Gasteiger charge is 2.22. The maximum Gasteiger partial charge on any atom is 0.123 e. The predicted molar refractivity (Wildman–Crippen MR) is 66.9 cm³/mol. The summed E-state index contributed by atoms with van der Waals surface area (Å²) in [4.78, 5) is 0. The van der Waals surface area contributed by atoms with Crippen molar-refractivity contribution in [2.24, 2.45) is 5.92 Å². The van der Waals surface area contributed by atoms with Crippen molar-refractivity contribution in [1.82, 2.24) is 5.32 Å². The van der Waals surface area contributed by atoms with E-state index in [9.17, 15) is 0 Å². The molecule has 1 N–H and O–H groups in total. The SMILES string of the molecule is COc1ccc(C)cc1C1CC(C)CCN1. The van der Waals surface area contributed by atoms with Crippen LogP contribution in [0.2, 0.25) is 0 Å². The van der Waals surface area contributed by atoms with E-state index in [0.29, 0.717) is 6.04 Å². The van der Waals surface area contributed by atoms with Crippen LogP contribution in [0.4, 0.5) is 0 Å². The lowest BCUT2D eigenvalue weighted by molar-refractivity contribution is 0.315. The van der Waals surface area contributed by atoms with Gasteiger partial charge >= 0.3 is 0 Å². The van der Waals surface area contributed by atoms with Gasteiger partial charge in [0.05, 0.1) is 7.11 Å². The molecule has 1 aliphatic heterocycles. The molecule has 1 fully saturated rings. The molecule has 0 spiro atoms. The minimum Gasteiger partial charge on any atom is -0.496 e. The number of methoxy groups -OCH3 is 1. The highest BCUT2D eigenvalue weighted by molar-refractivity contribution is 5.39. The van der Waals surface area contributed by atoms with Gasteiger partial charge in [-0.2, -0.15) is 0 Å². The number of ether oxygens (including phenoxy) is 1. The lowest BCUT2D eigenvalue weighted by Crippen LogP contribution is -2.31. The Hall–Kier alpha value is -1.02. The first-order valence-electron chi connectivity index (χ1n) is 6.08. The molecule has 1 aromatic rings. The van der Waals surface area contributed by atoms with Gasteiger partial charge in [-0.1, -0.05) is 24.6 Å². The van der Waals surface area contributed by atoms with E-state index in [2.05, 4.69) is 37.4 Å². The Labute approximate surface area is 98.0 Å². The van der Waals surface area contributed by atoms with Gasteiger partial charge in [0.2, 0.25) is 0 Å². The molecule has 0 radical (unpaired) electrons. The van der Waals surface area contributed by atoms with Crippen LogP contribution in [0.1, 0.15) is 36.9 Å². The first-order valence-corrected chi connectivity index (χ1v) is 6.08. The van der Waals surface area contributed by atoms with Crippen LogP contribution in [0.25, 0.3) is 0 Å². The van der Waals surface area contributed by atoms with Crippen molar-refractivity contribution >= 4 is 0 Å². The summed E-state index contributed by atoms with van der Waals surface area (Å²) in [6, 6.07) is 6.88. The monoisotopic (exact) mass is 219 g/mol. The van der Waals surface area contributed by atoms with Crippen LogP contribution in [-0.4, -0.2) is 13.7 Å². The summed E-state index contributed by atoms with van der Waals surface area (Å²) in [6.45, 7) is 5.58. The zero-order valence-corrected chi connectivity index (χ0v) is 10.4. The second kappa shape index (κ2) is 4.88. The van der Waals surface area contributed by atoms with Crippen molar-refractivity contribution < 1.29 is 4.74 Å². The summed E-state index contributed by atoms with van der Waals surface area (Å²) in [5.41, 5.74) is 2.62. The first kappa shape index (κ1) is 11.5. The molecule has 1 aromatic carbocycles. The molecule has 1 heterocycles. The predicted octanol–water partition coefficient (Wildman–Crippen LogP) is 3.06. The van der Waals surface area contributed by atoms with Crippen LogP contribution >= 0.6 is 0 Å². The van der Waals surface area contributed by atoms with Crippen molar-refractivity contribution in [3.63, 3.8) is 0 Å². The number of nitrogens with one attached hydrogen (secondary N) is 1. The third kappa shape index (κ3) is 2.38. The highest BCUT2D eigenvalue weighted by atomic mass is 16.5. The Morgan fingerprint density at radius 2 is 2.19 bits per heavy atom. The number of hydrogen-bond donors (Lipinski definition) is 1. The Balaban J connectivity index is 2.26. The van der Waals surface area contributed by atoms with Crippen molar-refractivity contribution in [1.29, 1.82) is 0 Å². The quantitative estimate of drug-likeness (QED) is 0.825. The molecule has 0 saturated carbocycles. The largest absolute Gasteiger partial charge is 0.496 e. The number of benzene rings is 1. The molecule has 2 rings (SSSR count). The van der Waals surface area contributed by atoms with E-state index < -0.39 is 0 Å². The third-order valence-corrected chi connectivity index (χ3v) is 3.43. The first-order chi connectivity index (χ1) is 7.70. The minimum atomic E-state index is 0.457. The molecule has 0 bridgehead atoms. The number of hydrogen-bond acceptors (Lipinski definition) is 2. The topological polar surface area (TPSA) is 21.3 Å². The Morgan fingerprint density at radius 1 is 1.38 bits per heavy atom. The van der Waals surface area contributed by atoms with Crippen LogP contribution in [0.3, 0.4) is 0 Å². The molecular formula is C14H21NO. The average Bonchev–Trinajstić information content (AvgIpc) is 2.29. The molecule has 2 heteroatoms. The summed E-state index contributed by atoms with van der Waals surface area (Å²) in [5, 5.41) is 3.59. The summed E-state index contributed by atoms with van der Waals surface area (Å²) >= 11 is 0. The van der Waals surface area contributed by atoms with Crippen molar-refractivity contribution in [3.05, 3.63) is 29.3 Å². The Kier molecular flexibility index (Phi) is 3.49. The molecule has 88 valence electrons. The lowest BCUT2D eigenvalue weighted by Gasteiger charge is -2.29. The molecule has 2 nitrogen and oxygen atoms in total. The second-order valence-corrected chi connectivity index (χ2v) is 4.88. The van der Waals surface area contributed by atoms with E-state index in [-0.39, 0.29) is 0 Å². The fraction of sp³-hybridized carbons (Fsp3) is 0.571. The van der Waals surface area contributed by atoms with E-state index in [1.165, 1.54) is 24.0 Å². The van der Waals surface area contributed by atoms with Crippen molar-refractivity contribution in [2.45, 2.75) is 32.7 Å². The van der Waals surface area contributed by atoms with Gasteiger partial charge < -0.3 is 10.1 Å². The molecule has 0 aliphatic carbocycles. The fourth-order valence-electron chi connectivity index (χ4n) is 2.47. The second-order valence-electron chi connectivity index (χ2n) is 4.88. The summed E-state index contributed by atoms with van der Waals surface area (Å²) in [5.74, 6) is 1.81. The summed E-state index contributed by atoms with van der Waals surface area (Å²) in [6.07, 6.45) is 2.49. The maximum atomic E-state index is 5.45. The fourth-order valence-corrected chi connectivity index (χ4v) is 2.47. The van der Waals surface area contributed by atoms with Gasteiger partial charge in [0.15, 0.2) is 0 Å². The van der Waals surface area contributed by atoms with Crippen LogP contribution in [-0.2, 0) is 0 Å². The van der Waals surface area contributed by atoms with E-state index in [4.69, 9.17) is 4.74 Å². The lowest BCUT2D eigenvalue weighted by atomic mass is 9.89. The highest BCUT2D eigenvalue weighted by Crippen LogP contribution is 2.33. The number of piperidine rings is 1. The normalized spacial score (nSPS) is 25.4. The summed E-state index contributed by atoms with van der Waals surface area (Å²) in [7, 11) is 1.75. The van der Waals surface area contributed by atoms with Gasteiger partial charge in [-0.3, -0.25) is 0 Å². The van der Waals surface area contributed by atoms with Gasteiger partial charge in [0, 0.05) is 11.6 Å². The Bertz CT molecular complexity index is 362. The third-order valence-electron chi connectivity index (χ3n) is 3.43. The van der Waals surface area contributed by atoms with Gasteiger partial charge in [-0.25, -0.2) is 0 Å². The van der Waals surface area contributed by atoms with E-state index in [0.717, 1.165) is 18.2 Å². The minimum absolute atomic E-state index is 0.457. The average molecular weight is 219 g/mol. The zero-order chi connectivity index (χ0) is 11.5. The van der Waals surface area contributed by atoms with Gasteiger partial charge in [0.1, 0.15) is 5.75 Å². The molecule has 0 aromatic heterocycles. The van der Waals surface area contributed by atoms with Crippen LogP contribution in [0.15, 0.2) is 18.2 Å². The van der Waals surface area contributed by atoms with E-state index in [1.807, 2.05) is 0 Å². The molecule has 0 amide bonds. The number of rotatable bonds is 2. The molecule has 1 aliphatic rings. The molecule has 2 unspecified atom stereocenters. The van der Waals surface area contributed by atoms with E-state index in [1.54, 1.807) is 7.11 Å². The molecule has 2 atom stereocenters. The van der Waals surface area contributed by atoms with Gasteiger partial charge in [-0.05, 0) is 38.3 Å². The van der Waals surface area contributed by atoms with Gasteiger partial charge in [0.25, 0.3) is 0 Å². The van der Waals surface area contributed by atoms with Crippen LogP contribution < -0.4 is 10.1 Å². The van der Waals surface area contributed by atoms with Crippen LogP contribution in [0.5, 0.6) is 5.75 Å². The standard InChI is InChI=1S/C14H21NO/c1-10-4-5-14(16-3)12(8-10)13-9-11(2)6-7-15-13/h4-5,8,11,13,15H,6-7,9H2,1-3H3. The van der Waals surface area contributed by atoms with Crippen molar-refractivity contribution in [3.8, 4) is 5.75 Å². The number of aryl methyl sites for hydroxylation is 1. The van der Waals surface area contributed by atoms with E-state index >= 15 is 0 Å².